The van der Waals surface area contributed by atoms with Gasteiger partial charge in [-0.3, -0.25) is 0 Å². The average molecular weight is 147 g/mol. The summed E-state index contributed by atoms with van der Waals surface area (Å²) in [4.78, 5) is 0. The number of hydrogen-bond acceptors (Lipinski definition) is 3. The minimum absolute atomic E-state index is 0.310. The molecule has 2 N–H and O–H groups in total. The Balaban J connectivity index is 3.01. The van der Waals surface area contributed by atoms with Gasteiger partial charge in [0.25, 0.3) is 0 Å². The zero-order valence-corrected chi connectivity index (χ0v) is 5.93. The first-order chi connectivity index (χ1) is 4.04. The van der Waals surface area contributed by atoms with Crippen molar-refractivity contribution < 1.29 is 8.42 Å². The van der Waals surface area contributed by atoms with E-state index < -0.39 is 15.1 Å². The fraction of sp³-hybridized carbons (Fsp3) is 0.600. The lowest BCUT2D eigenvalue weighted by molar-refractivity contribution is 0.590. The summed E-state index contributed by atoms with van der Waals surface area (Å²) in [6, 6.07) is -0.310. The van der Waals surface area contributed by atoms with E-state index in [4.69, 9.17) is 5.73 Å². The standard InChI is InChI=1S/C5H9NO2S/c1-4-5(6)2-3-9(4,7)8/h2-5H,6H2,1H3/t4-,5+/m0/s1. The summed E-state index contributed by atoms with van der Waals surface area (Å²) in [7, 11) is -2.98. The summed E-state index contributed by atoms with van der Waals surface area (Å²) in [5, 5.41) is 0.750. The highest BCUT2D eigenvalue weighted by atomic mass is 32.2. The van der Waals surface area contributed by atoms with E-state index in [0.29, 0.717) is 0 Å². The summed E-state index contributed by atoms with van der Waals surface area (Å²) in [5.74, 6) is 0. The van der Waals surface area contributed by atoms with Crippen LogP contribution >= 0.6 is 0 Å². The number of sulfone groups is 1. The summed E-state index contributed by atoms with van der Waals surface area (Å²) in [6.45, 7) is 1.61. The Bertz CT molecular complexity index is 229. The molecule has 1 rings (SSSR count). The van der Waals surface area contributed by atoms with Gasteiger partial charge in [0.15, 0.2) is 9.84 Å². The third-order valence-corrected chi connectivity index (χ3v) is 3.44. The smallest absolute Gasteiger partial charge is 0.175 e. The van der Waals surface area contributed by atoms with Crippen LogP contribution in [0.5, 0.6) is 0 Å². The van der Waals surface area contributed by atoms with Crippen molar-refractivity contribution in [2.75, 3.05) is 0 Å². The quantitative estimate of drug-likeness (QED) is 0.509. The van der Waals surface area contributed by atoms with Gasteiger partial charge in [-0.1, -0.05) is 6.08 Å². The van der Waals surface area contributed by atoms with Crippen molar-refractivity contribution in [1.29, 1.82) is 0 Å². The third kappa shape index (κ3) is 0.997. The zero-order valence-electron chi connectivity index (χ0n) is 5.11. The van der Waals surface area contributed by atoms with Crippen molar-refractivity contribution in [3.8, 4) is 0 Å². The van der Waals surface area contributed by atoms with Crippen LogP contribution in [0.1, 0.15) is 6.92 Å². The SMILES string of the molecule is C[C@H]1[C@H](N)C=CS1(=O)=O. The highest BCUT2D eigenvalue weighted by molar-refractivity contribution is 7.95. The molecule has 1 heterocycles. The summed E-state index contributed by atoms with van der Waals surface area (Å²) < 4.78 is 21.6. The van der Waals surface area contributed by atoms with Crippen LogP contribution < -0.4 is 5.73 Å². The summed E-state index contributed by atoms with van der Waals surface area (Å²) >= 11 is 0. The Kier molecular flexibility index (Phi) is 1.36. The van der Waals surface area contributed by atoms with Crippen molar-refractivity contribution in [2.24, 2.45) is 5.73 Å². The molecular formula is C5H9NO2S. The van der Waals surface area contributed by atoms with Crippen molar-refractivity contribution in [3.05, 3.63) is 11.5 Å². The number of hydrogen-bond donors (Lipinski definition) is 1. The van der Waals surface area contributed by atoms with Crippen LogP contribution in [0.4, 0.5) is 0 Å². The van der Waals surface area contributed by atoms with Gasteiger partial charge < -0.3 is 5.73 Å². The molecule has 0 bridgehead atoms. The van der Waals surface area contributed by atoms with Gasteiger partial charge in [-0.05, 0) is 6.92 Å². The molecule has 3 nitrogen and oxygen atoms in total. The van der Waals surface area contributed by atoms with E-state index in [9.17, 15) is 8.42 Å². The van der Waals surface area contributed by atoms with Crippen LogP contribution in [0.25, 0.3) is 0 Å². The largest absolute Gasteiger partial charge is 0.323 e. The van der Waals surface area contributed by atoms with Crippen molar-refractivity contribution in [3.63, 3.8) is 0 Å². The Labute approximate surface area is 54.5 Å². The van der Waals surface area contributed by atoms with E-state index in [1.165, 1.54) is 11.5 Å². The van der Waals surface area contributed by atoms with Crippen molar-refractivity contribution in [1.82, 2.24) is 0 Å². The first-order valence-corrected chi connectivity index (χ1v) is 4.32. The fourth-order valence-corrected chi connectivity index (χ4v) is 1.88. The van der Waals surface area contributed by atoms with Crippen LogP contribution in [0.3, 0.4) is 0 Å². The highest BCUT2D eigenvalue weighted by Gasteiger charge is 2.28. The molecule has 0 aromatic heterocycles. The lowest BCUT2D eigenvalue weighted by Gasteiger charge is -2.05. The Hall–Kier alpha value is -0.350. The Morgan fingerprint density at radius 1 is 1.56 bits per heavy atom. The van der Waals surface area contributed by atoms with Gasteiger partial charge in [0, 0.05) is 11.4 Å². The van der Waals surface area contributed by atoms with Gasteiger partial charge in [-0.2, -0.15) is 0 Å². The molecule has 52 valence electrons. The Morgan fingerprint density at radius 3 is 2.22 bits per heavy atom. The van der Waals surface area contributed by atoms with Gasteiger partial charge in [0.1, 0.15) is 0 Å². The monoisotopic (exact) mass is 147 g/mol. The fourth-order valence-electron chi connectivity index (χ4n) is 0.700. The minimum atomic E-state index is -2.98. The maximum Gasteiger partial charge on any atom is 0.175 e. The third-order valence-electron chi connectivity index (χ3n) is 1.55. The Morgan fingerprint density at radius 2 is 2.11 bits per heavy atom. The molecule has 0 fully saturated rings. The second-order valence-corrected chi connectivity index (χ2v) is 4.39. The van der Waals surface area contributed by atoms with Crippen molar-refractivity contribution >= 4 is 9.84 Å². The topological polar surface area (TPSA) is 60.2 Å². The van der Waals surface area contributed by atoms with Gasteiger partial charge in [-0.15, -0.1) is 0 Å². The highest BCUT2D eigenvalue weighted by Crippen LogP contribution is 2.14. The molecule has 4 heteroatoms. The predicted molar refractivity (Wildman–Crippen MR) is 35.5 cm³/mol. The summed E-state index contributed by atoms with van der Waals surface area (Å²) in [6.07, 6.45) is 1.51. The zero-order chi connectivity index (χ0) is 7.07. The maximum atomic E-state index is 10.8. The molecule has 1 aliphatic heterocycles. The second-order valence-electron chi connectivity index (χ2n) is 2.20. The maximum absolute atomic E-state index is 10.8. The molecule has 0 aliphatic carbocycles. The van der Waals surface area contributed by atoms with Crippen LogP contribution in [0.2, 0.25) is 0 Å². The molecule has 2 atom stereocenters. The van der Waals surface area contributed by atoms with Crippen molar-refractivity contribution in [2.45, 2.75) is 18.2 Å². The molecule has 0 aromatic rings. The van der Waals surface area contributed by atoms with Crippen LogP contribution in [0.15, 0.2) is 11.5 Å². The molecule has 0 spiro atoms. The lowest BCUT2D eigenvalue weighted by atomic mass is 10.2. The molecular weight excluding hydrogens is 138 g/mol. The van der Waals surface area contributed by atoms with Gasteiger partial charge >= 0.3 is 0 Å². The van der Waals surface area contributed by atoms with E-state index in [1.54, 1.807) is 6.92 Å². The van der Waals surface area contributed by atoms with Crippen LogP contribution in [-0.2, 0) is 9.84 Å². The minimum Gasteiger partial charge on any atom is -0.323 e. The number of rotatable bonds is 0. The van der Waals surface area contributed by atoms with Crippen LogP contribution in [0, 0.1) is 0 Å². The first kappa shape index (κ1) is 6.77. The molecule has 1 aliphatic rings. The predicted octanol–water partition coefficient (Wildman–Crippen LogP) is -0.356. The molecule has 0 saturated carbocycles. The lowest BCUT2D eigenvalue weighted by Crippen LogP contribution is -2.30. The van der Waals surface area contributed by atoms with Gasteiger partial charge in [0.2, 0.25) is 0 Å². The molecule has 9 heavy (non-hydrogen) atoms. The van der Waals surface area contributed by atoms with E-state index in [2.05, 4.69) is 0 Å². The normalized spacial score (nSPS) is 39.3. The van der Waals surface area contributed by atoms with Crippen LogP contribution in [-0.4, -0.2) is 19.7 Å². The van der Waals surface area contributed by atoms with E-state index >= 15 is 0 Å². The molecule has 0 aromatic carbocycles. The first-order valence-electron chi connectivity index (χ1n) is 2.72. The number of nitrogens with two attached hydrogens (primary N) is 1. The van der Waals surface area contributed by atoms with E-state index in [-0.39, 0.29) is 6.04 Å². The molecule has 0 saturated heterocycles. The van der Waals surface area contributed by atoms with Gasteiger partial charge in [0.05, 0.1) is 5.25 Å². The molecule has 0 amide bonds. The molecule has 0 unspecified atom stereocenters. The molecule has 0 radical (unpaired) electrons. The average Bonchev–Trinajstić information content (AvgIpc) is 1.97. The van der Waals surface area contributed by atoms with E-state index in [1.807, 2.05) is 0 Å². The summed E-state index contributed by atoms with van der Waals surface area (Å²) in [5.41, 5.74) is 5.39. The van der Waals surface area contributed by atoms with E-state index in [0.717, 1.165) is 0 Å². The van der Waals surface area contributed by atoms with Gasteiger partial charge in [-0.25, -0.2) is 8.42 Å². The second kappa shape index (κ2) is 1.82.